The third-order valence-electron chi connectivity index (χ3n) is 4.27. The van der Waals surface area contributed by atoms with E-state index < -0.39 is 11.9 Å². The average molecular weight is 357 g/mol. The highest BCUT2D eigenvalue weighted by molar-refractivity contribution is 7.80. The summed E-state index contributed by atoms with van der Waals surface area (Å²) in [5, 5.41) is 8.40. The highest BCUT2D eigenvalue weighted by Crippen LogP contribution is 2.39. The molecule has 1 heterocycles. The van der Waals surface area contributed by atoms with Crippen molar-refractivity contribution in [3.63, 3.8) is 0 Å². The molecule has 1 amide bonds. The van der Waals surface area contributed by atoms with E-state index in [9.17, 15) is 4.79 Å². The third-order valence-corrected chi connectivity index (χ3v) is 4.49. The van der Waals surface area contributed by atoms with Crippen LogP contribution in [0.2, 0.25) is 0 Å². The number of carbonyl (C=O) groups excluding carboxylic acids is 1. The first kappa shape index (κ1) is 17.0. The van der Waals surface area contributed by atoms with E-state index in [4.69, 9.17) is 27.4 Å². The predicted octanol–water partition coefficient (Wildman–Crippen LogP) is 2.14. The molecule has 1 aliphatic rings. The lowest BCUT2D eigenvalue weighted by molar-refractivity contribution is -0.115. The van der Waals surface area contributed by atoms with Gasteiger partial charge in [0, 0.05) is 11.3 Å². The van der Waals surface area contributed by atoms with Gasteiger partial charge in [-0.3, -0.25) is 4.79 Å². The third kappa shape index (κ3) is 2.98. The number of hydrogen-bond donors (Lipinski definition) is 3. The first-order valence-electron chi connectivity index (χ1n) is 7.69. The van der Waals surface area contributed by atoms with Gasteiger partial charge in [-0.2, -0.15) is 0 Å². The van der Waals surface area contributed by atoms with E-state index in [1.807, 2.05) is 30.3 Å². The lowest BCUT2D eigenvalue weighted by Gasteiger charge is -2.31. The summed E-state index contributed by atoms with van der Waals surface area (Å²) in [4.78, 5) is 12.1. The van der Waals surface area contributed by atoms with Gasteiger partial charge < -0.3 is 25.8 Å². The van der Waals surface area contributed by atoms with Crippen LogP contribution in [0, 0.1) is 0 Å². The van der Waals surface area contributed by atoms with Gasteiger partial charge in [0.1, 0.15) is 11.5 Å². The Kier molecular flexibility index (Phi) is 4.50. The minimum atomic E-state index is -0.521. The molecule has 0 radical (unpaired) electrons. The minimum Gasteiger partial charge on any atom is -0.497 e. The number of allylic oxidation sites excluding steroid dienone is 1. The molecule has 0 aromatic heterocycles. The zero-order chi connectivity index (χ0) is 18.1. The normalized spacial score (nSPS) is 17.1. The van der Waals surface area contributed by atoms with Gasteiger partial charge in [-0.15, -0.1) is 0 Å². The number of carbonyl (C=O) groups is 1. The molecule has 0 fully saturated rings. The Bertz CT molecular complexity index is 903. The second kappa shape index (κ2) is 6.60. The van der Waals surface area contributed by atoms with Crippen LogP contribution in [0.1, 0.15) is 18.5 Å². The molecule has 7 heteroatoms. The number of thiocarbonyl (C=S) groups is 1. The predicted molar refractivity (Wildman–Crippen MR) is 101 cm³/mol. The van der Waals surface area contributed by atoms with Gasteiger partial charge in [0.05, 0.1) is 25.8 Å². The maximum atomic E-state index is 12.1. The Morgan fingerprint density at radius 1 is 1.20 bits per heavy atom. The molecule has 1 aliphatic heterocycles. The Morgan fingerprint density at radius 2 is 1.92 bits per heavy atom. The summed E-state index contributed by atoms with van der Waals surface area (Å²) in [7, 11) is 3.20. The Morgan fingerprint density at radius 3 is 2.56 bits per heavy atom. The standard InChI is InChI=1S/C18H19N3O3S/c1-9-14(17(19)22)16(21-18(25)20-9)15-12-8-11(23-2)6-4-10(12)5-7-13(15)24-3/h4-8,16H,1-3H3,(H2,19,22)(H2,20,21,25). The average Bonchev–Trinajstić information content (AvgIpc) is 2.58. The van der Waals surface area contributed by atoms with E-state index >= 15 is 0 Å². The fourth-order valence-corrected chi connectivity index (χ4v) is 3.41. The maximum absolute atomic E-state index is 12.1. The van der Waals surface area contributed by atoms with Crippen LogP contribution in [-0.4, -0.2) is 25.2 Å². The molecule has 3 rings (SSSR count). The summed E-state index contributed by atoms with van der Waals surface area (Å²) in [6.07, 6.45) is 0. The Hall–Kier alpha value is -2.80. The highest BCUT2D eigenvalue weighted by atomic mass is 32.1. The van der Waals surface area contributed by atoms with Gasteiger partial charge in [-0.05, 0) is 48.1 Å². The Balaban J connectivity index is 2.33. The molecule has 0 saturated carbocycles. The smallest absolute Gasteiger partial charge is 0.248 e. The molecule has 130 valence electrons. The fraction of sp³-hybridized carbons (Fsp3) is 0.222. The van der Waals surface area contributed by atoms with Crippen LogP contribution in [0.3, 0.4) is 0 Å². The second-order valence-electron chi connectivity index (χ2n) is 5.70. The van der Waals surface area contributed by atoms with E-state index in [1.165, 1.54) is 0 Å². The van der Waals surface area contributed by atoms with Crippen molar-refractivity contribution < 1.29 is 14.3 Å². The number of rotatable bonds is 4. The summed E-state index contributed by atoms with van der Waals surface area (Å²) in [6, 6.07) is 9.05. The van der Waals surface area contributed by atoms with Crippen molar-refractivity contribution >= 4 is 34.0 Å². The topological polar surface area (TPSA) is 85.6 Å². The maximum Gasteiger partial charge on any atom is 0.248 e. The van der Waals surface area contributed by atoms with Crippen molar-refractivity contribution in [3.05, 3.63) is 47.2 Å². The molecule has 25 heavy (non-hydrogen) atoms. The van der Waals surface area contributed by atoms with E-state index in [0.717, 1.165) is 16.3 Å². The van der Waals surface area contributed by atoms with Crippen molar-refractivity contribution in [3.8, 4) is 11.5 Å². The summed E-state index contributed by atoms with van der Waals surface area (Å²) >= 11 is 5.28. The first-order valence-corrected chi connectivity index (χ1v) is 8.09. The summed E-state index contributed by atoms with van der Waals surface area (Å²) in [5.41, 5.74) is 7.47. The van der Waals surface area contributed by atoms with Crippen LogP contribution in [0.4, 0.5) is 0 Å². The minimum absolute atomic E-state index is 0.419. The molecule has 1 unspecified atom stereocenters. The molecule has 2 aromatic carbocycles. The molecule has 0 spiro atoms. The van der Waals surface area contributed by atoms with E-state index in [-0.39, 0.29) is 0 Å². The number of nitrogens with one attached hydrogen (secondary N) is 2. The van der Waals surface area contributed by atoms with Crippen LogP contribution in [0.5, 0.6) is 11.5 Å². The van der Waals surface area contributed by atoms with Crippen molar-refractivity contribution in [1.29, 1.82) is 0 Å². The van der Waals surface area contributed by atoms with Gasteiger partial charge in [-0.1, -0.05) is 12.1 Å². The Labute approximate surface area is 151 Å². The molecular weight excluding hydrogens is 338 g/mol. The lowest BCUT2D eigenvalue weighted by Crippen LogP contribution is -2.46. The summed E-state index contributed by atoms with van der Waals surface area (Å²) in [6.45, 7) is 1.78. The van der Waals surface area contributed by atoms with Gasteiger partial charge in [0.15, 0.2) is 5.11 Å². The second-order valence-corrected chi connectivity index (χ2v) is 6.11. The first-order chi connectivity index (χ1) is 12.0. The van der Waals surface area contributed by atoms with E-state index in [2.05, 4.69) is 10.6 Å². The van der Waals surface area contributed by atoms with Crippen molar-refractivity contribution in [2.45, 2.75) is 13.0 Å². The molecule has 0 aliphatic carbocycles. The number of methoxy groups -OCH3 is 2. The van der Waals surface area contributed by atoms with E-state index in [1.54, 1.807) is 21.1 Å². The van der Waals surface area contributed by atoms with Gasteiger partial charge in [-0.25, -0.2) is 0 Å². The monoisotopic (exact) mass is 357 g/mol. The van der Waals surface area contributed by atoms with Crippen molar-refractivity contribution in [1.82, 2.24) is 10.6 Å². The number of ether oxygens (including phenoxy) is 2. The molecule has 6 nitrogen and oxygen atoms in total. The van der Waals surface area contributed by atoms with Crippen LogP contribution in [0.15, 0.2) is 41.6 Å². The van der Waals surface area contributed by atoms with Crippen LogP contribution >= 0.6 is 12.2 Å². The quantitative estimate of drug-likeness (QED) is 0.727. The largest absolute Gasteiger partial charge is 0.497 e. The van der Waals surface area contributed by atoms with Gasteiger partial charge in [0.2, 0.25) is 5.91 Å². The van der Waals surface area contributed by atoms with Crippen molar-refractivity contribution in [2.75, 3.05) is 14.2 Å². The van der Waals surface area contributed by atoms with Gasteiger partial charge >= 0.3 is 0 Å². The number of nitrogens with two attached hydrogens (primary N) is 1. The van der Waals surface area contributed by atoms with Crippen LogP contribution < -0.4 is 25.8 Å². The molecule has 2 aromatic rings. The zero-order valence-electron chi connectivity index (χ0n) is 14.2. The summed E-state index contributed by atoms with van der Waals surface area (Å²) in [5.74, 6) is 0.821. The van der Waals surface area contributed by atoms with Crippen LogP contribution in [-0.2, 0) is 4.79 Å². The number of hydrogen-bond acceptors (Lipinski definition) is 4. The van der Waals surface area contributed by atoms with Crippen LogP contribution in [0.25, 0.3) is 10.8 Å². The zero-order valence-corrected chi connectivity index (χ0v) is 15.0. The van der Waals surface area contributed by atoms with Gasteiger partial charge in [0.25, 0.3) is 0 Å². The molecule has 0 bridgehead atoms. The number of benzene rings is 2. The fourth-order valence-electron chi connectivity index (χ4n) is 3.14. The number of fused-ring (bicyclic) bond motifs is 1. The summed E-state index contributed by atoms with van der Waals surface area (Å²) < 4.78 is 10.9. The number of primary amides is 1. The van der Waals surface area contributed by atoms with Crippen molar-refractivity contribution in [2.24, 2.45) is 5.73 Å². The molecular formula is C18H19N3O3S. The molecule has 4 N–H and O–H groups in total. The lowest BCUT2D eigenvalue weighted by atomic mass is 9.90. The SMILES string of the molecule is COc1ccc2ccc(OC)c(C3NC(=S)NC(C)=C3C(N)=O)c2c1. The molecule has 0 saturated heterocycles. The molecule has 1 atom stereocenters. The highest BCUT2D eigenvalue weighted by Gasteiger charge is 2.31. The number of amides is 1. The van der Waals surface area contributed by atoms with E-state index in [0.29, 0.717) is 27.9 Å².